The number of aromatic hydroxyl groups is 1. The molecule has 0 bridgehead atoms. The minimum Gasteiger partial charge on any atom is -0.508 e. The van der Waals surface area contributed by atoms with Gasteiger partial charge >= 0.3 is 0 Å². The first kappa shape index (κ1) is 12.1. The van der Waals surface area contributed by atoms with Gasteiger partial charge in [-0.25, -0.2) is 0 Å². The van der Waals surface area contributed by atoms with E-state index in [0.717, 1.165) is 30.5 Å². The first-order valence-electron chi connectivity index (χ1n) is 6.85. The minimum atomic E-state index is 0.331. The third kappa shape index (κ3) is 2.58. The summed E-state index contributed by atoms with van der Waals surface area (Å²) in [6.45, 7) is 2.03. The molecule has 0 amide bonds. The van der Waals surface area contributed by atoms with Crippen molar-refractivity contribution in [1.29, 1.82) is 0 Å². The first-order chi connectivity index (χ1) is 9.22. The van der Waals surface area contributed by atoms with E-state index in [1.165, 1.54) is 11.1 Å². The summed E-state index contributed by atoms with van der Waals surface area (Å²) in [7, 11) is 0. The zero-order valence-electron chi connectivity index (χ0n) is 11.2. The summed E-state index contributed by atoms with van der Waals surface area (Å²) in [6, 6.07) is 14.7. The topological polar surface area (TPSA) is 32.3 Å². The Kier molecular flexibility index (Phi) is 3.16. The number of hydrogen-bond donors (Lipinski definition) is 2. The Bertz CT molecular complexity index is 592. The van der Waals surface area contributed by atoms with Crippen LogP contribution < -0.4 is 5.32 Å². The molecule has 2 nitrogen and oxygen atoms in total. The summed E-state index contributed by atoms with van der Waals surface area (Å²) >= 11 is 0. The van der Waals surface area contributed by atoms with E-state index in [-0.39, 0.29) is 0 Å². The van der Waals surface area contributed by atoms with Crippen molar-refractivity contribution in [3.05, 3.63) is 59.2 Å². The predicted molar refractivity (Wildman–Crippen MR) is 78.7 cm³/mol. The fourth-order valence-electron chi connectivity index (χ4n) is 2.85. The van der Waals surface area contributed by atoms with Crippen molar-refractivity contribution in [3.8, 4) is 5.75 Å². The largest absolute Gasteiger partial charge is 0.508 e. The first-order valence-corrected chi connectivity index (χ1v) is 6.85. The second-order valence-corrected chi connectivity index (χ2v) is 5.35. The standard InChI is InChI=1S/C17H19NO/c1-12-10-16(19)8-9-17(12)18-15-7-6-13-4-2-3-5-14(13)11-15/h2-5,8-10,15,18-19H,6-7,11H2,1H3. The molecular weight excluding hydrogens is 234 g/mol. The monoisotopic (exact) mass is 253 g/mol. The molecule has 1 aliphatic carbocycles. The lowest BCUT2D eigenvalue weighted by Gasteiger charge is -2.27. The Morgan fingerprint density at radius 2 is 1.89 bits per heavy atom. The molecule has 2 aromatic rings. The summed E-state index contributed by atoms with van der Waals surface area (Å²) in [5, 5.41) is 13.1. The number of aryl methyl sites for hydroxylation is 2. The van der Waals surface area contributed by atoms with Crippen molar-refractivity contribution in [2.45, 2.75) is 32.2 Å². The molecule has 2 N–H and O–H groups in total. The van der Waals surface area contributed by atoms with E-state index in [0.29, 0.717) is 11.8 Å². The van der Waals surface area contributed by atoms with Crippen molar-refractivity contribution in [2.75, 3.05) is 5.32 Å². The van der Waals surface area contributed by atoms with Gasteiger partial charge in [-0.15, -0.1) is 0 Å². The van der Waals surface area contributed by atoms with Gasteiger partial charge in [0.25, 0.3) is 0 Å². The molecule has 3 rings (SSSR count). The Morgan fingerprint density at radius 3 is 2.68 bits per heavy atom. The van der Waals surface area contributed by atoms with Crippen LogP contribution in [0.4, 0.5) is 5.69 Å². The highest BCUT2D eigenvalue weighted by atomic mass is 16.3. The van der Waals surface area contributed by atoms with Crippen LogP contribution in [0.3, 0.4) is 0 Å². The highest BCUT2D eigenvalue weighted by Gasteiger charge is 2.18. The number of hydrogen-bond acceptors (Lipinski definition) is 2. The van der Waals surface area contributed by atoms with Crippen LogP contribution in [-0.2, 0) is 12.8 Å². The highest BCUT2D eigenvalue weighted by molar-refractivity contribution is 5.54. The van der Waals surface area contributed by atoms with E-state index < -0.39 is 0 Å². The Hall–Kier alpha value is -1.96. The molecule has 0 heterocycles. The Labute approximate surface area is 114 Å². The van der Waals surface area contributed by atoms with E-state index in [1.54, 1.807) is 12.1 Å². The lowest BCUT2D eigenvalue weighted by Crippen LogP contribution is -2.27. The van der Waals surface area contributed by atoms with E-state index in [1.807, 2.05) is 13.0 Å². The quantitative estimate of drug-likeness (QED) is 0.800. The van der Waals surface area contributed by atoms with Gasteiger partial charge in [-0.05, 0) is 61.1 Å². The van der Waals surface area contributed by atoms with E-state index in [4.69, 9.17) is 0 Å². The van der Waals surface area contributed by atoms with Gasteiger partial charge in [0.2, 0.25) is 0 Å². The second-order valence-electron chi connectivity index (χ2n) is 5.35. The van der Waals surface area contributed by atoms with Gasteiger partial charge in [0.1, 0.15) is 5.75 Å². The molecule has 0 aromatic heterocycles. The lowest BCUT2D eigenvalue weighted by atomic mass is 9.88. The Balaban J connectivity index is 1.75. The van der Waals surface area contributed by atoms with Crippen LogP contribution in [-0.4, -0.2) is 11.1 Å². The molecule has 1 unspecified atom stereocenters. The maximum absolute atomic E-state index is 9.45. The van der Waals surface area contributed by atoms with Gasteiger partial charge < -0.3 is 10.4 Å². The smallest absolute Gasteiger partial charge is 0.115 e. The van der Waals surface area contributed by atoms with Gasteiger partial charge in [0.15, 0.2) is 0 Å². The van der Waals surface area contributed by atoms with E-state index in [2.05, 4.69) is 29.6 Å². The molecule has 98 valence electrons. The van der Waals surface area contributed by atoms with Crippen molar-refractivity contribution in [2.24, 2.45) is 0 Å². The molecule has 19 heavy (non-hydrogen) atoms. The number of fused-ring (bicyclic) bond motifs is 1. The van der Waals surface area contributed by atoms with E-state index in [9.17, 15) is 5.11 Å². The average molecular weight is 253 g/mol. The molecule has 0 aliphatic heterocycles. The van der Waals surface area contributed by atoms with Gasteiger partial charge in [-0.2, -0.15) is 0 Å². The third-order valence-corrected chi connectivity index (χ3v) is 3.92. The van der Waals surface area contributed by atoms with Crippen LogP contribution >= 0.6 is 0 Å². The SMILES string of the molecule is Cc1cc(O)ccc1NC1CCc2ccccc2C1. The lowest BCUT2D eigenvalue weighted by molar-refractivity contribution is 0.475. The fraction of sp³-hybridized carbons (Fsp3) is 0.294. The number of nitrogens with one attached hydrogen (secondary N) is 1. The van der Waals surface area contributed by atoms with E-state index >= 15 is 0 Å². The van der Waals surface area contributed by atoms with Gasteiger partial charge in [-0.3, -0.25) is 0 Å². The number of benzene rings is 2. The predicted octanol–water partition coefficient (Wildman–Crippen LogP) is 3.67. The normalized spacial score (nSPS) is 17.8. The molecule has 0 saturated heterocycles. The summed E-state index contributed by atoms with van der Waals surface area (Å²) in [5.74, 6) is 0.331. The maximum atomic E-state index is 9.45. The molecule has 1 atom stereocenters. The number of anilines is 1. The van der Waals surface area contributed by atoms with Crippen LogP contribution in [0.25, 0.3) is 0 Å². The van der Waals surface area contributed by atoms with Crippen LogP contribution in [0, 0.1) is 6.92 Å². The van der Waals surface area contributed by atoms with Crippen LogP contribution in [0.1, 0.15) is 23.1 Å². The molecule has 2 heteroatoms. The number of phenols is 1. The van der Waals surface area contributed by atoms with Gasteiger partial charge in [0, 0.05) is 11.7 Å². The highest BCUT2D eigenvalue weighted by Crippen LogP contribution is 2.26. The van der Waals surface area contributed by atoms with Crippen molar-refractivity contribution in [1.82, 2.24) is 0 Å². The zero-order valence-corrected chi connectivity index (χ0v) is 11.2. The van der Waals surface area contributed by atoms with Gasteiger partial charge in [0.05, 0.1) is 0 Å². The van der Waals surface area contributed by atoms with Crippen LogP contribution in [0.2, 0.25) is 0 Å². The zero-order chi connectivity index (χ0) is 13.2. The number of rotatable bonds is 2. The van der Waals surface area contributed by atoms with Crippen molar-refractivity contribution >= 4 is 5.69 Å². The molecule has 2 aromatic carbocycles. The van der Waals surface area contributed by atoms with Gasteiger partial charge in [-0.1, -0.05) is 24.3 Å². The molecule has 0 fully saturated rings. The maximum Gasteiger partial charge on any atom is 0.115 e. The molecule has 0 spiro atoms. The summed E-state index contributed by atoms with van der Waals surface area (Å²) in [5.41, 5.74) is 5.17. The molecular formula is C17H19NO. The minimum absolute atomic E-state index is 0.331. The summed E-state index contributed by atoms with van der Waals surface area (Å²) in [6.07, 6.45) is 3.39. The van der Waals surface area contributed by atoms with Crippen LogP contribution in [0.5, 0.6) is 5.75 Å². The fourth-order valence-corrected chi connectivity index (χ4v) is 2.85. The molecule has 1 aliphatic rings. The molecule has 0 radical (unpaired) electrons. The molecule has 0 saturated carbocycles. The van der Waals surface area contributed by atoms with Crippen molar-refractivity contribution < 1.29 is 5.11 Å². The van der Waals surface area contributed by atoms with Crippen LogP contribution in [0.15, 0.2) is 42.5 Å². The second kappa shape index (κ2) is 4.96. The summed E-state index contributed by atoms with van der Waals surface area (Å²) < 4.78 is 0. The average Bonchev–Trinajstić information content (AvgIpc) is 2.42. The third-order valence-electron chi connectivity index (χ3n) is 3.92. The summed E-state index contributed by atoms with van der Waals surface area (Å²) in [4.78, 5) is 0. The Morgan fingerprint density at radius 1 is 1.11 bits per heavy atom. The van der Waals surface area contributed by atoms with Crippen molar-refractivity contribution in [3.63, 3.8) is 0 Å². The number of phenolic OH excluding ortho intramolecular Hbond substituents is 1.